The van der Waals surface area contributed by atoms with E-state index in [0.717, 1.165) is 23.6 Å². The second-order valence-electron chi connectivity index (χ2n) is 4.32. The maximum atomic E-state index is 5.45. The SMILES string of the molecule is CCC(Nc1ccc(C)cc1OC)c1ccco1. The molecule has 1 aromatic heterocycles. The van der Waals surface area contributed by atoms with Crippen molar-refractivity contribution in [2.24, 2.45) is 0 Å². The highest BCUT2D eigenvalue weighted by Gasteiger charge is 2.14. The smallest absolute Gasteiger partial charge is 0.142 e. The minimum Gasteiger partial charge on any atom is -0.495 e. The molecule has 0 fully saturated rings. The summed E-state index contributed by atoms with van der Waals surface area (Å²) in [6, 6.07) is 10.2. The average Bonchev–Trinajstić information content (AvgIpc) is 2.91. The number of ether oxygens (including phenoxy) is 1. The third-order valence-corrected chi connectivity index (χ3v) is 2.98. The van der Waals surface area contributed by atoms with Crippen LogP contribution in [0, 0.1) is 6.92 Å². The third kappa shape index (κ3) is 2.67. The molecule has 0 saturated heterocycles. The fraction of sp³-hybridized carbons (Fsp3) is 0.333. The van der Waals surface area contributed by atoms with Crippen molar-refractivity contribution < 1.29 is 9.15 Å². The minimum atomic E-state index is 0.164. The average molecular weight is 245 g/mol. The Labute approximate surface area is 108 Å². The van der Waals surface area contributed by atoms with Crippen LogP contribution in [-0.4, -0.2) is 7.11 Å². The van der Waals surface area contributed by atoms with Crippen LogP contribution in [0.25, 0.3) is 0 Å². The van der Waals surface area contributed by atoms with Crippen LogP contribution in [-0.2, 0) is 0 Å². The van der Waals surface area contributed by atoms with E-state index >= 15 is 0 Å². The maximum absolute atomic E-state index is 5.45. The Kier molecular flexibility index (Phi) is 3.92. The Morgan fingerprint density at radius 3 is 2.78 bits per heavy atom. The van der Waals surface area contributed by atoms with Crippen LogP contribution in [0.15, 0.2) is 41.0 Å². The van der Waals surface area contributed by atoms with Crippen LogP contribution >= 0.6 is 0 Å². The van der Waals surface area contributed by atoms with E-state index in [1.54, 1.807) is 13.4 Å². The van der Waals surface area contributed by atoms with Crippen molar-refractivity contribution in [1.29, 1.82) is 0 Å². The molecule has 0 radical (unpaired) electrons. The number of benzene rings is 1. The molecule has 1 N–H and O–H groups in total. The maximum Gasteiger partial charge on any atom is 0.142 e. The van der Waals surface area contributed by atoms with E-state index in [0.29, 0.717) is 0 Å². The normalized spacial score (nSPS) is 12.2. The molecule has 0 aliphatic heterocycles. The van der Waals surface area contributed by atoms with E-state index in [-0.39, 0.29) is 6.04 Å². The molecule has 1 atom stereocenters. The zero-order valence-corrected chi connectivity index (χ0v) is 11.1. The fourth-order valence-electron chi connectivity index (χ4n) is 1.97. The molecule has 1 unspecified atom stereocenters. The van der Waals surface area contributed by atoms with Gasteiger partial charge in [0.05, 0.1) is 25.1 Å². The number of rotatable bonds is 5. The van der Waals surface area contributed by atoms with Crippen LogP contribution < -0.4 is 10.1 Å². The molecule has 0 bridgehead atoms. The molecule has 2 rings (SSSR count). The fourth-order valence-corrected chi connectivity index (χ4v) is 1.97. The summed E-state index contributed by atoms with van der Waals surface area (Å²) < 4.78 is 10.8. The predicted molar refractivity (Wildman–Crippen MR) is 73.1 cm³/mol. The number of methoxy groups -OCH3 is 1. The number of aryl methyl sites for hydroxylation is 1. The van der Waals surface area contributed by atoms with Gasteiger partial charge in [0.25, 0.3) is 0 Å². The lowest BCUT2D eigenvalue weighted by molar-refractivity contribution is 0.414. The Morgan fingerprint density at radius 2 is 2.17 bits per heavy atom. The summed E-state index contributed by atoms with van der Waals surface area (Å²) in [6.45, 7) is 4.18. The van der Waals surface area contributed by atoms with E-state index in [1.165, 1.54) is 5.56 Å². The van der Waals surface area contributed by atoms with Gasteiger partial charge in [-0.3, -0.25) is 0 Å². The largest absolute Gasteiger partial charge is 0.495 e. The van der Waals surface area contributed by atoms with Gasteiger partial charge in [-0.05, 0) is 43.2 Å². The summed E-state index contributed by atoms with van der Waals surface area (Å²) in [5, 5.41) is 3.46. The van der Waals surface area contributed by atoms with Crippen molar-refractivity contribution in [1.82, 2.24) is 0 Å². The molecule has 96 valence electrons. The minimum absolute atomic E-state index is 0.164. The van der Waals surface area contributed by atoms with Crippen LogP contribution in [0.4, 0.5) is 5.69 Å². The standard InChI is InChI=1S/C15H19NO2/c1-4-12(14-6-5-9-18-14)16-13-8-7-11(2)10-15(13)17-3/h5-10,12,16H,4H2,1-3H3. The molecule has 0 saturated carbocycles. The number of hydrogen-bond acceptors (Lipinski definition) is 3. The lowest BCUT2D eigenvalue weighted by Crippen LogP contribution is -2.09. The summed E-state index contributed by atoms with van der Waals surface area (Å²) in [7, 11) is 1.69. The van der Waals surface area contributed by atoms with Crippen LogP contribution in [0.1, 0.15) is 30.7 Å². The van der Waals surface area contributed by atoms with Crippen LogP contribution in [0.5, 0.6) is 5.75 Å². The second kappa shape index (κ2) is 5.63. The molecule has 1 heterocycles. The number of anilines is 1. The molecular weight excluding hydrogens is 226 g/mol. The topological polar surface area (TPSA) is 34.4 Å². The third-order valence-electron chi connectivity index (χ3n) is 2.98. The van der Waals surface area contributed by atoms with Gasteiger partial charge in [-0.15, -0.1) is 0 Å². The molecule has 0 spiro atoms. The molecule has 2 aromatic rings. The first-order valence-electron chi connectivity index (χ1n) is 6.19. The molecule has 0 aliphatic carbocycles. The summed E-state index contributed by atoms with van der Waals surface area (Å²) in [5.41, 5.74) is 2.18. The van der Waals surface area contributed by atoms with Gasteiger partial charge in [0, 0.05) is 0 Å². The van der Waals surface area contributed by atoms with Gasteiger partial charge in [-0.1, -0.05) is 13.0 Å². The van der Waals surface area contributed by atoms with E-state index < -0.39 is 0 Å². The van der Waals surface area contributed by atoms with E-state index in [4.69, 9.17) is 9.15 Å². The van der Waals surface area contributed by atoms with Crippen molar-refractivity contribution in [3.05, 3.63) is 47.9 Å². The first kappa shape index (κ1) is 12.6. The van der Waals surface area contributed by atoms with Crippen molar-refractivity contribution >= 4 is 5.69 Å². The highest BCUT2D eigenvalue weighted by Crippen LogP contribution is 2.30. The zero-order valence-electron chi connectivity index (χ0n) is 11.1. The second-order valence-corrected chi connectivity index (χ2v) is 4.32. The molecule has 3 nitrogen and oxygen atoms in total. The summed E-state index contributed by atoms with van der Waals surface area (Å²) in [5.74, 6) is 1.81. The molecule has 1 aromatic carbocycles. The summed E-state index contributed by atoms with van der Waals surface area (Å²) in [6.07, 6.45) is 2.65. The number of furan rings is 1. The van der Waals surface area contributed by atoms with Crippen LogP contribution in [0.2, 0.25) is 0 Å². The van der Waals surface area contributed by atoms with Crippen molar-refractivity contribution in [3.8, 4) is 5.75 Å². The molecule has 0 aliphatic rings. The van der Waals surface area contributed by atoms with Gasteiger partial charge >= 0.3 is 0 Å². The number of nitrogens with one attached hydrogen (secondary N) is 1. The highest BCUT2D eigenvalue weighted by atomic mass is 16.5. The lowest BCUT2D eigenvalue weighted by Gasteiger charge is -2.18. The van der Waals surface area contributed by atoms with Gasteiger partial charge < -0.3 is 14.5 Å². The monoisotopic (exact) mass is 245 g/mol. The van der Waals surface area contributed by atoms with E-state index in [9.17, 15) is 0 Å². The molecular formula is C15H19NO2. The Bertz CT molecular complexity index is 491. The Morgan fingerprint density at radius 1 is 1.33 bits per heavy atom. The van der Waals surface area contributed by atoms with Gasteiger partial charge in [0.15, 0.2) is 0 Å². The van der Waals surface area contributed by atoms with Crippen LogP contribution in [0.3, 0.4) is 0 Å². The Hall–Kier alpha value is -1.90. The highest BCUT2D eigenvalue weighted by molar-refractivity contribution is 5.58. The first-order valence-corrected chi connectivity index (χ1v) is 6.19. The first-order chi connectivity index (χ1) is 8.74. The molecule has 0 amide bonds. The molecule has 18 heavy (non-hydrogen) atoms. The van der Waals surface area contributed by atoms with E-state index in [2.05, 4.69) is 25.2 Å². The van der Waals surface area contributed by atoms with Gasteiger partial charge in [-0.25, -0.2) is 0 Å². The van der Waals surface area contributed by atoms with Gasteiger partial charge in [0.1, 0.15) is 11.5 Å². The summed E-state index contributed by atoms with van der Waals surface area (Å²) in [4.78, 5) is 0. The molecule has 3 heteroatoms. The van der Waals surface area contributed by atoms with Gasteiger partial charge in [-0.2, -0.15) is 0 Å². The van der Waals surface area contributed by atoms with Crippen molar-refractivity contribution in [2.75, 3.05) is 12.4 Å². The van der Waals surface area contributed by atoms with Crippen molar-refractivity contribution in [2.45, 2.75) is 26.3 Å². The Balaban J connectivity index is 2.22. The quantitative estimate of drug-likeness (QED) is 0.858. The lowest BCUT2D eigenvalue weighted by atomic mass is 10.1. The van der Waals surface area contributed by atoms with Gasteiger partial charge in [0.2, 0.25) is 0 Å². The van der Waals surface area contributed by atoms with E-state index in [1.807, 2.05) is 24.3 Å². The van der Waals surface area contributed by atoms with Crippen molar-refractivity contribution in [3.63, 3.8) is 0 Å². The predicted octanol–water partition coefficient (Wildman–Crippen LogP) is 4.16. The number of hydrogen-bond donors (Lipinski definition) is 1. The summed E-state index contributed by atoms with van der Waals surface area (Å²) >= 11 is 0. The zero-order chi connectivity index (χ0) is 13.0.